The highest BCUT2D eigenvalue weighted by molar-refractivity contribution is 7.79. The average Bonchev–Trinajstić information content (AvgIpc) is 2.90. The predicted octanol–water partition coefficient (Wildman–Crippen LogP) is 6.63. The van der Waals surface area contributed by atoms with Crippen LogP contribution in [0.4, 0.5) is 17.1 Å². The van der Waals surface area contributed by atoms with Crippen molar-refractivity contribution in [3.63, 3.8) is 0 Å². The summed E-state index contributed by atoms with van der Waals surface area (Å²) in [5, 5.41) is 35.2. The van der Waals surface area contributed by atoms with Gasteiger partial charge in [0.1, 0.15) is 11.4 Å². The van der Waals surface area contributed by atoms with E-state index in [2.05, 4.69) is 70.9 Å². The Morgan fingerprint density at radius 1 is 0.686 bits per heavy atom. The number of nitro groups is 1. The standard InChI is InChI=1S/C28H20N3O3P/c32-27-18-11-20-19-25(35(23-7-3-1-4-8-23)24-9-5-2-6-10-24)16-17-26(20)28(27)30-29-21-12-14-22(15-13-21)31(33)34/h1-19,32H. The number of benzene rings is 5. The molecule has 7 heteroatoms. The summed E-state index contributed by atoms with van der Waals surface area (Å²) in [6.45, 7) is 0. The van der Waals surface area contributed by atoms with E-state index in [-0.39, 0.29) is 11.4 Å². The van der Waals surface area contributed by atoms with Crippen molar-refractivity contribution in [1.82, 2.24) is 0 Å². The Morgan fingerprint density at radius 2 is 1.31 bits per heavy atom. The van der Waals surface area contributed by atoms with Gasteiger partial charge in [0.25, 0.3) is 5.69 Å². The van der Waals surface area contributed by atoms with Gasteiger partial charge in [-0.25, -0.2) is 0 Å². The molecule has 0 radical (unpaired) electrons. The van der Waals surface area contributed by atoms with Crippen LogP contribution in [0.1, 0.15) is 0 Å². The van der Waals surface area contributed by atoms with Crippen LogP contribution >= 0.6 is 7.92 Å². The molecule has 0 heterocycles. The number of nitrogens with zero attached hydrogens (tertiary/aromatic N) is 3. The lowest BCUT2D eigenvalue weighted by Crippen LogP contribution is -2.20. The van der Waals surface area contributed by atoms with Crippen LogP contribution < -0.4 is 15.9 Å². The lowest BCUT2D eigenvalue weighted by Gasteiger charge is -2.20. The molecule has 0 bridgehead atoms. The number of fused-ring (bicyclic) bond motifs is 1. The molecule has 0 atom stereocenters. The van der Waals surface area contributed by atoms with Gasteiger partial charge in [-0.2, -0.15) is 5.11 Å². The first kappa shape index (κ1) is 22.4. The van der Waals surface area contributed by atoms with E-state index in [0.29, 0.717) is 11.4 Å². The van der Waals surface area contributed by atoms with Crippen LogP contribution in [0.5, 0.6) is 5.75 Å². The van der Waals surface area contributed by atoms with Crippen LogP contribution in [0.15, 0.2) is 125 Å². The zero-order valence-corrected chi connectivity index (χ0v) is 19.4. The van der Waals surface area contributed by atoms with Crippen LogP contribution in [0, 0.1) is 10.1 Å². The highest BCUT2D eigenvalue weighted by Gasteiger charge is 2.17. The molecule has 5 aromatic carbocycles. The zero-order chi connectivity index (χ0) is 24.2. The molecular formula is C28H20N3O3P. The Labute approximate surface area is 203 Å². The molecule has 0 amide bonds. The van der Waals surface area contributed by atoms with Crippen molar-refractivity contribution < 1.29 is 10.0 Å². The molecule has 0 fully saturated rings. The molecule has 0 aliphatic carbocycles. The molecule has 170 valence electrons. The van der Waals surface area contributed by atoms with E-state index in [4.69, 9.17) is 0 Å². The van der Waals surface area contributed by atoms with E-state index in [9.17, 15) is 15.2 Å². The fourth-order valence-corrected chi connectivity index (χ4v) is 6.21. The van der Waals surface area contributed by atoms with E-state index in [0.717, 1.165) is 10.8 Å². The van der Waals surface area contributed by atoms with Crippen molar-refractivity contribution in [2.75, 3.05) is 0 Å². The minimum atomic E-state index is -0.761. The molecule has 5 rings (SSSR count). The summed E-state index contributed by atoms with van der Waals surface area (Å²) in [4.78, 5) is 10.4. The highest BCUT2D eigenvalue weighted by Crippen LogP contribution is 2.39. The van der Waals surface area contributed by atoms with E-state index < -0.39 is 12.8 Å². The third-order valence-electron chi connectivity index (χ3n) is 5.57. The number of nitro benzene ring substituents is 1. The van der Waals surface area contributed by atoms with Crippen molar-refractivity contribution >= 4 is 51.7 Å². The van der Waals surface area contributed by atoms with Crippen LogP contribution in [-0.2, 0) is 0 Å². The lowest BCUT2D eigenvalue weighted by atomic mass is 10.1. The minimum Gasteiger partial charge on any atom is -0.506 e. The predicted molar refractivity (Wildman–Crippen MR) is 142 cm³/mol. The van der Waals surface area contributed by atoms with Crippen molar-refractivity contribution in [2.45, 2.75) is 0 Å². The summed E-state index contributed by atoms with van der Waals surface area (Å²) >= 11 is 0. The van der Waals surface area contributed by atoms with Gasteiger partial charge in [-0.3, -0.25) is 10.1 Å². The molecule has 0 spiro atoms. The lowest BCUT2D eigenvalue weighted by molar-refractivity contribution is -0.384. The van der Waals surface area contributed by atoms with Crippen LogP contribution in [0.25, 0.3) is 10.8 Å². The molecule has 0 saturated heterocycles. The summed E-state index contributed by atoms with van der Waals surface area (Å²) in [6.07, 6.45) is 0. The number of azo groups is 1. The molecule has 0 unspecified atom stereocenters. The first-order valence-corrected chi connectivity index (χ1v) is 12.3. The maximum Gasteiger partial charge on any atom is 0.269 e. The molecule has 1 N–H and O–H groups in total. The fraction of sp³-hybridized carbons (Fsp3) is 0. The van der Waals surface area contributed by atoms with Crippen molar-refractivity contribution in [3.8, 4) is 5.75 Å². The van der Waals surface area contributed by atoms with Crippen molar-refractivity contribution in [2.24, 2.45) is 10.2 Å². The first-order chi connectivity index (χ1) is 17.1. The van der Waals surface area contributed by atoms with Gasteiger partial charge in [0.05, 0.1) is 10.6 Å². The molecule has 5 aromatic rings. The Balaban J connectivity index is 1.55. The Morgan fingerprint density at radius 3 is 1.91 bits per heavy atom. The molecule has 0 aliphatic rings. The van der Waals surface area contributed by atoms with E-state index in [1.54, 1.807) is 6.07 Å². The Kier molecular flexibility index (Phi) is 6.29. The average molecular weight is 477 g/mol. The zero-order valence-electron chi connectivity index (χ0n) is 18.5. The monoisotopic (exact) mass is 477 g/mol. The van der Waals surface area contributed by atoms with E-state index >= 15 is 0 Å². The third kappa shape index (κ3) is 4.79. The summed E-state index contributed by atoms with van der Waals surface area (Å²) in [5.74, 6) is 0.0179. The summed E-state index contributed by atoms with van der Waals surface area (Å²) in [6, 6.07) is 36.4. The second-order valence-corrected chi connectivity index (χ2v) is 10.0. The Bertz CT molecular complexity index is 1480. The number of phenolic OH excluding ortho intramolecular Hbond substituents is 1. The number of hydrogen-bond acceptors (Lipinski definition) is 5. The third-order valence-corrected chi connectivity index (χ3v) is 7.99. The quantitative estimate of drug-likeness (QED) is 0.129. The molecule has 6 nitrogen and oxygen atoms in total. The smallest absolute Gasteiger partial charge is 0.269 e. The number of phenols is 1. The van der Waals surface area contributed by atoms with E-state index in [1.165, 1.54) is 40.2 Å². The van der Waals surface area contributed by atoms with Gasteiger partial charge >= 0.3 is 0 Å². The maximum atomic E-state index is 10.9. The van der Waals surface area contributed by atoms with Gasteiger partial charge in [-0.15, -0.1) is 5.11 Å². The van der Waals surface area contributed by atoms with Crippen LogP contribution in [0.2, 0.25) is 0 Å². The second kappa shape index (κ2) is 9.84. The van der Waals surface area contributed by atoms with Gasteiger partial charge in [-0.05, 0) is 53.5 Å². The topological polar surface area (TPSA) is 88.1 Å². The Hall–Kier alpha value is -4.41. The molecule has 0 aromatic heterocycles. The van der Waals surface area contributed by atoms with Gasteiger partial charge in [-0.1, -0.05) is 78.9 Å². The van der Waals surface area contributed by atoms with Gasteiger partial charge in [0.15, 0.2) is 0 Å². The van der Waals surface area contributed by atoms with Gasteiger partial charge in [0.2, 0.25) is 0 Å². The van der Waals surface area contributed by atoms with Gasteiger partial charge in [0, 0.05) is 17.5 Å². The summed E-state index contributed by atoms with van der Waals surface area (Å²) in [7, 11) is -0.761. The van der Waals surface area contributed by atoms with Crippen LogP contribution in [0.3, 0.4) is 0 Å². The number of rotatable bonds is 6. The van der Waals surface area contributed by atoms with Gasteiger partial charge < -0.3 is 5.11 Å². The molecule has 0 aliphatic heterocycles. The van der Waals surface area contributed by atoms with Crippen molar-refractivity contribution in [3.05, 3.63) is 125 Å². The number of aromatic hydroxyl groups is 1. The first-order valence-electron chi connectivity index (χ1n) is 10.9. The second-order valence-electron chi connectivity index (χ2n) is 7.82. The number of non-ortho nitro benzene ring substituents is 1. The van der Waals surface area contributed by atoms with E-state index in [1.807, 2.05) is 24.3 Å². The highest BCUT2D eigenvalue weighted by atomic mass is 31.1. The van der Waals surface area contributed by atoms with Crippen LogP contribution in [-0.4, -0.2) is 10.0 Å². The molecule has 0 saturated carbocycles. The SMILES string of the molecule is O=[N+]([O-])c1ccc(N=Nc2c(O)ccc3cc(P(c4ccccc4)c4ccccc4)ccc23)cc1. The number of hydrogen-bond donors (Lipinski definition) is 1. The maximum absolute atomic E-state index is 10.9. The summed E-state index contributed by atoms with van der Waals surface area (Å²) in [5.41, 5.74) is 0.800. The fourth-order valence-electron chi connectivity index (χ4n) is 3.88. The molecular weight excluding hydrogens is 457 g/mol. The summed E-state index contributed by atoms with van der Waals surface area (Å²) < 4.78 is 0. The minimum absolute atomic E-state index is 0.0159. The normalized spacial score (nSPS) is 11.3. The van der Waals surface area contributed by atoms with Crippen molar-refractivity contribution in [1.29, 1.82) is 0 Å². The largest absolute Gasteiger partial charge is 0.506 e. The molecule has 35 heavy (non-hydrogen) atoms.